The number of nitrogens with one attached hydrogen (secondary N) is 2. The van der Waals surface area contributed by atoms with Crippen LogP contribution in [0.1, 0.15) is 26.3 Å². The Labute approximate surface area is 150 Å². The first-order valence-corrected chi connectivity index (χ1v) is 7.35. The van der Waals surface area contributed by atoms with Crippen molar-refractivity contribution in [1.29, 1.82) is 0 Å². The summed E-state index contributed by atoms with van der Waals surface area (Å²) in [5.74, 6) is 0.710. The van der Waals surface area contributed by atoms with Crippen LogP contribution in [0.2, 0.25) is 0 Å². The average Bonchev–Trinajstić information content (AvgIpc) is 2.49. The summed E-state index contributed by atoms with van der Waals surface area (Å²) in [6.45, 7) is 7.61. The van der Waals surface area contributed by atoms with Crippen LogP contribution in [-0.4, -0.2) is 42.9 Å². The van der Waals surface area contributed by atoms with Crippen molar-refractivity contribution in [3.63, 3.8) is 0 Å². The lowest BCUT2D eigenvalue weighted by Crippen LogP contribution is -2.46. The molecule has 1 aromatic carbocycles. The number of nitrogens with zero attached hydrogens (tertiary/aromatic N) is 2. The van der Waals surface area contributed by atoms with Crippen molar-refractivity contribution in [3.8, 4) is 0 Å². The number of hydrogen-bond acceptors (Lipinski definition) is 2. The standard InChI is InChI=1S/C16H26N4O.HI/c1-5-20(12-14-9-7-6-8-10-14)15(21)11-18-16(17-4)19-13(2)3;/h6-10,13H,5,11-12H2,1-4H3,(H2,17,18,19);1H. The van der Waals surface area contributed by atoms with Crippen LogP contribution in [0, 0.1) is 0 Å². The Kier molecular flexibility index (Phi) is 10.6. The van der Waals surface area contributed by atoms with Gasteiger partial charge in [0.25, 0.3) is 0 Å². The Balaban J connectivity index is 0.00000441. The zero-order valence-electron chi connectivity index (χ0n) is 13.8. The molecule has 6 heteroatoms. The van der Waals surface area contributed by atoms with Gasteiger partial charge in [-0.3, -0.25) is 9.79 Å². The van der Waals surface area contributed by atoms with Gasteiger partial charge in [-0.15, -0.1) is 24.0 Å². The van der Waals surface area contributed by atoms with Gasteiger partial charge in [0, 0.05) is 26.2 Å². The van der Waals surface area contributed by atoms with Gasteiger partial charge in [-0.25, -0.2) is 0 Å². The monoisotopic (exact) mass is 418 g/mol. The minimum absolute atomic E-state index is 0. The topological polar surface area (TPSA) is 56.7 Å². The molecule has 0 aliphatic carbocycles. The van der Waals surface area contributed by atoms with E-state index in [0.29, 0.717) is 19.0 Å². The quantitative estimate of drug-likeness (QED) is 0.423. The predicted octanol–water partition coefficient (Wildman–Crippen LogP) is 2.23. The first-order valence-electron chi connectivity index (χ1n) is 7.35. The molecule has 0 aliphatic rings. The number of halogens is 1. The molecule has 0 aliphatic heterocycles. The minimum Gasteiger partial charge on any atom is -0.354 e. The molecular weight excluding hydrogens is 391 g/mol. The van der Waals surface area contributed by atoms with Crippen LogP contribution in [0.25, 0.3) is 0 Å². The molecule has 0 atom stereocenters. The summed E-state index contributed by atoms with van der Waals surface area (Å²) >= 11 is 0. The smallest absolute Gasteiger partial charge is 0.242 e. The fraction of sp³-hybridized carbons (Fsp3) is 0.500. The van der Waals surface area contributed by atoms with E-state index in [0.717, 1.165) is 5.56 Å². The summed E-state index contributed by atoms with van der Waals surface area (Å²) < 4.78 is 0. The first kappa shape index (κ1) is 20.7. The van der Waals surface area contributed by atoms with E-state index in [-0.39, 0.29) is 42.5 Å². The maximum atomic E-state index is 12.3. The lowest BCUT2D eigenvalue weighted by atomic mass is 10.2. The number of carbonyl (C=O) groups excluding carboxylic acids is 1. The first-order chi connectivity index (χ1) is 10.1. The molecule has 22 heavy (non-hydrogen) atoms. The summed E-state index contributed by atoms with van der Waals surface area (Å²) in [6.07, 6.45) is 0. The number of aliphatic imine (C=N–C) groups is 1. The molecule has 1 amide bonds. The molecule has 5 nitrogen and oxygen atoms in total. The van der Waals surface area contributed by atoms with Crippen LogP contribution < -0.4 is 10.6 Å². The van der Waals surface area contributed by atoms with Crippen molar-refractivity contribution in [2.75, 3.05) is 20.1 Å². The van der Waals surface area contributed by atoms with Crippen LogP contribution in [-0.2, 0) is 11.3 Å². The van der Waals surface area contributed by atoms with Crippen molar-refractivity contribution in [2.24, 2.45) is 4.99 Å². The molecule has 124 valence electrons. The largest absolute Gasteiger partial charge is 0.354 e. The zero-order chi connectivity index (χ0) is 15.7. The van der Waals surface area contributed by atoms with Gasteiger partial charge in [0.2, 0.25) is 5.91 Å². The number of rotatable bonds is 6. The van der Waals surface area contributed by atoms with Crippen LogP contribution in [0.3, 0.4) is 0 Å². The van der Waals surface area contributed by atoms with E-state index in [2.05, 4.69) is 15.6 Å². The average molecular weight is 418 g/mol. The highest BCUT2D eigenvalue weighted by Crippen LogP contribution is 2.04. The molecular formula is C16H27IN4O. The van der Waals surface area contributed by atoms with Gasteiger partial charge >= 0.3 is 0 Å². The number of hydrogen-bond donors (Lipinski definition) is 2. The summed E-state index contributed by atoms with van der Waals surface area (Å²) in [5.41, 5.74) is 1.14. The van der Waals surface area contributed by atoms with Crippen molar-refractivity contribution in [2.45, 2.75) is 33.4 Å². The molecule has 0 fully saturated rings. The van der Waals surface area contributed by atoms with E-state index in [1.807, 2.05) is 56.0 Å². The maximum absolute atomic E-state index is 12.3. The Morgan fingerprint density at radius 3 is 2.41 bits per heavy atom. The predicted molar refractivity (Wildman–Crippen MR) is 103 cm³/mol. The third-order valence-corrected chi connectivity index (χ3v) is 3.01. The van der Waals surface area contributed by atoms with Crippen LogP contribution in [0.5, 0.6) is 0 Å². The highest BCUT2D eigenvalue weighted by molar-refractivity contribution is 14.0. The second kappa shape index (κ2) is 11.3. The third-order valence-electron chi connectivity index (χ3n) is 3.01. The molecule has 0 unspecified atom stereocenters. The lowest BCUT2D eigenvalue weighted by Gasteiger charge is -2.22. The summed E-state index contributed by atoms with van der Waals surface area (Å²) in [4.78, 5) is 18.2. The van der Waals surface area contributed by atoms with Gasteiger partial charge in [-0.1, -0.05) is 30.3 Å². The van der Waals surface area contributed by atoms with Gasteiger partial charge in [-0.05, 0) is 26.3 Å². The molecule has 1 rings (SSSR count). The van der Waals surface area contributed by atoms with E-state index >= 15 is 0 Å². The maximum Gasteiger partial charge on any atom is 0.242 e. The second-order valence-corrected chi connectivity index (χ2v) is 5.12. The number of carbonyl (C=O) groups is 1. The van der Waals surface area contributed by atoms with Crippen molar-refractivity contribution in [3.05, 3.63) is 35.9 Å². The molecule has 0 saturated carbocycles. The van der Waals surface area contributed by atoms with Crippen molar-refractivity contribution >= 4 is 35.8 Å². The van der Waals surface area contributed by atoms with Crippen LogP contribution in [0.15, 0.2) is 35.3 Å². The zero-order valence-corrected chi connectivity index (χ0v) is 16.1. The molecule has 0 bridgehead atoms. The van der Waals surface area contributed by atoms with Crippen molar-refractivity contribution in [1.82, 2.24) is 15.5 Å². The fourth-order valence-electron chi connectivity index (χ4n) is 1.92. The van der Waals surface area contributed by atoms with Gasteiger partial charge in [0.15, 0.2) is 5.96 Å². The number of amides is 1. The van der Waals surface area contributed by atoms with E-state index in [1.54, 1.807) is 7.05 Å². The van der Waals surface area contributed by atoms with Crippen molar-refractivity contribution < 1.29 is 4.79 Å². The second-order valence-electron chi connectivity index (χ2n) is 5.12. The summed E-state index contributed by atoms with van der Waals surface area (Å²) in [7, 11) is 1.70. The Hall–Kier alpha value is -1.31. The van der Waals surface area contributed by atoms with Gasteiger partial charge in [0.1, 0.15) is 0 Å². The molecule has 0 aromatic heterocycles. The Morgan fingerprint density at radius 2 is 1.91 bits per heavy atom. The Bertz CT molecular complexity index is 462. The number of guanidine groups is 1. The normalized spacial score (nSPS) is 10.9. The van der Waals surface area contributed by atoms with E-state index in [9.17, 15) is 4.79 Å². The highest BCUT2D eigenvalue weighted by atomic mass is 127. The molecule has 0 saturated heterocycles. The molecule has 0 spiro atoms. The highest BCUT2D eigenvalue weighted by Gasteiger charge is 2.12. The summed E-state index contributed by atoms with van der Waals surface area (Å²) in [6, 6.07) is 10.3. The van der Waals surface area contributed by atoms with Gasteiger partial charge in [-0.2, -0.15) is 0 Å². The molecule has 1 aromatic rings. The molecule has 2 N–H and O–H groups in total. The molecule has 0 radical (unpaired) electrons. The number of benzene rings is 1. The number of likely N-dealkylation sites (N-methyl/N-ethyl adjacent to an activating group) is 1. The molecule has 0 heterocycles. The summed E-state index contributed by atoms with van der Waals surface area (Å²) in [5, 5.41) is 6.21. The van der Waals surface area contributed by atoms with Crippen LogP contribution >= 0.6 is 24.0 Å². The lowest BCUT2D eigenvalue weighted by molar-refractivity contribution is -0.130. The van der Waals surface area contributed by atoms with Gasteiger partial charge in [0.05, 0.1) is 6.54 Å². The fourth-order valence-corrected chi connectivity index (χ4v) is 1.92. The van der Waals surface area contributed by atoms with Gasteiger partial charge < -0.3 is 15.5 Å². The van der Waals surface area contributed by atoms with E-state index < -0.39 is 0 Å². The SMILES string of the molecule is CCN(Cc1ccccc1)C(=O)CNC(=NC)NC(C)C.I. The van der Waals surface area contributed by atoms with E-state index in [1.165, 1.54) is 0 Å². The van der Waals surface area contributed by atoms with Crippen LogP contribution in [0.4, 0.5) is 0 Å². The third kappa shape index (κ3) is 7.63. The van der Waals surface area contributed by atoms with E-state index in [4.69, 9.17) is 0 Å². The Morgan fingerprint density at radius 1 is 1.27 bits per heavy atom. The minimum atomic E-state index is 0.